The van der Waals surface area contributed by atoms with Crippen LogP contribution in [0, 0.1) is 0 Å². The van der Waals surface area contributed by atoms with Gasteiger partial charge in [0.15, 0.2) is 0 Å². The van der Waals surface area contributed by atoms with E-state index in [2.05, 4.69) is 18.5 Å². The van der Waals surface area contributed by atoms with Gasteiger partial charge in [-0.05, 0) is 25.5 Å². The lowest BCUT2D eigenvalue weighted by molar-refractivity contribution is -0.150. The quantitative estimate of drug-likeness (QED) is 0.800. The van der Waals surface area contributed by atoms with Crippen molar-refractivity contribution in [3.05, 3.63) is 0 Å². The fraction of sp³-hybridized carbons (Fsp3) is 0.846. The van der Waals surface area contributed by atoms with Crippen LogP contribution >= 0.6 is 11.8 Å². The lowest BCUT2D eigenvalue weighted by Gasteiger charge is -2.41. The minimum atomic E-state index is -0.669. The maximum atomic E-state index is 12.5. The van der Waals surface area contributed by atoms with E-state index in [1.54, 1.807) is 16.7 Å². The standard InChI is InChI=1S/C13H24N2O2S/c1-5-13(6-2)12(17)15(9-11(16)14-13)8-7-10(3)18-4/h10H,5-9H2,1-4H3,(H,14,16). The molecule has 104 valence electrons. The maximum Gasteiger partial charge on any atom is 0.248 e. The molecule has 0 bridgehead atoms. The third-order valence-electron chi connectivity index (χ3n) is 3.82. The van der Waals surface area contributed by atoms with Crippen LogP contribution < -0.4 is 5.32 Å². The fourth-order valence-electron chi connectivity index (χ4n) is 2.27. The summed E-state index contributed by atoms with van der Waals surface area (Å²) in [6, 6.07) is 0. The monoisotopic (exact) mass is 272 g/mol. The van der Waals surface area contributed by atoms with E-state index in [9.17, 15) is 9.59 Å². The van der Waals surface area contributed by atoms with Gasteiger partial charge in [-0.25, -0.2) is 0 Å². The Morgan fingerprint density at radius 2 is 2.00 bits per heavy atom. The highest BCUT2D eigenvalue weighted by Crippen LogP contribution is 2.23. The van der Waals surface area contributed by atoms with Gasteiger partial charge < -0.3 is 10.2 Å². The zero-order valence-corrected chi connectivity index (χ0v) is 12.6. The van der Waals surface area contributed by atoms with Gasteiger partial charge in [-0.15, -0.1) is 0 Å². The summed E-state index contributed by atoms with van der Waals surface area (Å²) in [5, 5.41) is 3.39. The maximum absolute atomic E-state index is 12.5. The molecule has 4 nitrogen and oxygen atoms in total. The molecule has 5 heteroatoms. The normalized spacial score (nSPS) is 20.8. The highest BCUT2D eigenvalue weighted by molar-refractivity contribution is 7.99. The van der Waals surface area contributed by atoms with Gasteiger partial charge >= 0.3 is 0 Å². The molecule has 1 saturated heterocycles. The molecule has 1 aliphatic rings. The van der Waals surface area contributed by atoms with Gasteiger partial charge in [0.05, 0.1) is 6.54 Å². The van der Waals surface area contributed by atoms with E-state index in [1.807, 2.05) is 13.8 Å². The van der Waals surface area contributed by atoms with Crippen molar-refractivity contribution in [3.63, 3.8) is 0 Å². The summed E-state index contributed by atoms with van der Waals surface area (Å²) < 4.78 is 0. The molecule has 1 fully saturated rings. The molecule has 0 saturated carbocycles. The first-order valence-electron chi connectivity index (χ1n) is 6.62. The largest absolute Gasteiger partial charge is 0.340 e. The first-order valence-corrected chi connectivity index (χ1v) is 7.91. The first kappa shape index (κ1) is 15.3. The summed E-state index contributed by atoms with van der Waals surface area (Å²) in [5.74, 6) is 0.0514. The van der Waals surface area contributed by atoms with Gasteiger partial charge in [-0.1, -0.05) is 20.8 Å². The van der Waals surface area contributed by atoms with Crippen molar-refractivity contribution in [1.29, 1.82) is 0 Å². The Balaban J connectivity index is 2.73. The summed E-state index contributed by atoms with van der Waals surface area (Å²) in [5.41, 5.74) is -0.669. The van der Waals surface area contributed by atoms with Crippen LogP contribution in [0.5, 0.6) is 0 Å². The molecule has 18 heavy (non-hydrogen) atoms. The van der Waals surface area contributed by atoms with Crippen molar-refractivity contribution in [2.45, 2.75) is 50.8 Å². The van der Waals surface area contributed by atoms with Crippen LogP contribution in [0.25, 0.3) is 0 Å². The van der Waals surface area contributed by atoms with Gasteiger partial charge in [0, 0.05) is 11.8 Å². The molecule has 0 aromatic carbocycles. The molecule has 1 heterocycles. The van der Waals surface area contributed by atoms with Crippen molar-refractivity contribution >= 4 is 23.6 Å². The Morgan fingerprint density at radius 3 is 2.50 bits per heavy atom. The van der Waals surface area contributed by atoms with Crippen LogP contribution in [0.1, 0.15) is 40.0 Å². The van der Waals surface area contributed by atoms with Gasteiger partial charge in [0.2, 0.25) is 11.8 Å². The number of carbonyl (C=O) groups is 2. The number of hydrogen-bond acceptors (Lipinski definition) is 3. The second-order valence-corrected chi connectivity index (χ2v) is 6.18. The molecule has 1 rings (SSSR count). The molecule has 0 spiro atoms. The zero-order valence-electron chi connectivity index (χ0n) is 11.8. The van der Waals surface area contributed by atoms with Gasteiger partial charge in [0.25, 0.3) is 0 Å². The lowest BCUT2D eigenvalue weighted by Crippen LogP contribution is -2.66. The van der Waals surface area contributed by atoms with Crippen LogP contribution in [0.15, 0.2) is 0 Å². The Morgan fingerprint density at radius 1 is 1.39 bits per heavy atom. The van der Waals surface area contributed by atoms with E-state index >= 15 is 0 Å². The number of piperazine rings is 1. The Bertz CT molecular complexity index is 316. The van der Waals surface area contributed by atoms with Gasteiger partial charge in [0.1, 0.15) is 5.54 Å². The number of rotatable bonds is 6. The molecule has 1 unspecified atom stereocenters. The van der Waals surface area contributed by atoms with Crippen LogP contribution in [0.2, 0.25) is 0 Å². The second-order valence-electron chi connectivity index (χ2n) is 4.90. The number of amides is 2. The summed E-state index contributed by atoms with van der Waals surface area (Å²) >= 11 is 1.79. The molecule has 0 aromatic heterocycles. The predicted molar refractivity (Wildman–Crippen MR) is 75.6 cm³/mol. The minimum Gasteiger partial charge on any atom is -0.340 e. The van der Waals surface area contributed by atoms with Crippen molar-refractivity contribution in [3.8, 4) is 0 Å². The first-order chi connectivity index (χ1) is 8.49. The highest BCUT2D eigenvalue weighted by atomic mass is 32.2. The van der Waals surface area contributed by atoms with Crippen LogP contribution in [0.3, 0.4) is 0 Å². The van der Waals surface area contributed by atoms with Crippen LogP contribution in [0.4, 0.5) is 0 Å². The number of thioether (sulfide) groups is 1. The summed E-state index contributed by atoms with van der Waals surface area (Å²) in [7, 11) is 0. The van der Waals surface area contributed by atoms with E-state index < -0.39 is 5.54 Å². The highest BCUT2D eigenvalue weighted by Gasteiger charge is 2.43. The Kier molecular flexibility index (Phi) is 5.50. The van der Waals surface area contributed by atoms with E-state index in [0.717, 1.165) is 6.42 Å². The van der Waals surface area contributed by atoms with E-state index in [4.69, 9.17) is 0 Å². The third-order valence-corrected chi connectivity index (χ3v) is 4.87. The molecule has 2 amide bonds. The molecule has 1 atom stereocenters. The second kappa shape index (κ2) is 6.45. The summed E-state index contributed by atoms with van der Waals surface area (Å²) in [6.45, 7) is 6.94. The molecule has 1 N–H and O–H groups in total. The molecule has 1 aliphatic heterocycles. The van der Waals surface area contributed by atoms with Crippen LogP contribution in [-0.2, 0) is 9.59 Å². The number of carbonyl (C=O) groups excluding carboxylic acids is 2. The number of hydrogen-bond donors (Lipinski definition) is 1. The molecule has 0 radical (unpaired) electrons. The molecular weight excluding hydrogens is 248 g/mol. The van der Waals surface area contributed by atoms with Crippen molar-refractivity contribution < 1.29 is 9.59 Å². The van der Waals surface area contributed by atoms with Crippen molar-refractivity contribution in [2.75, 3.05) is 19.3 Å². The fourth-order valence-corrected chi connectivity index (χ4v) is 2.61. The molecule has 0 aromatic rings. The number of nitrogens with zero attached hydrogens (tertiary/aromatic N) is 1. The van der Waals surface area contributed by atoms with Gasteiger partial charge in [-0.2, -0.15) is 11.8 Å². The summed E-state index contributed by atoms with van der Waals surface area (Å²) in [6.07, 6.45) is 4.31. The lowest BCUT2D eigenvalue weighted by atomic mass is 9.89. The van der Waals surface area contributed by atoms with E-state index in [-0.39, 0.29) is 18.4 Å². The summed E-state index contributed by atoms with van der Waals surface area (Å²) in [4.78, 5) is 25.9. The average Bonchev–Trinajstić information content (AvgIpc) is 2.38. The van der Waals surface area contributed by atoms with E-state index in [1.165, 1.54) is 0 Å². The molecular formula is C13H24N2O2S. The Hall–Kier alpha value is -0.710. The SMILES string of the molecule is CCC1(CC)NC(=O)CN(CCC(C)SC)C1=O. The average molecular weight is 272 g/mol. The minimum absolute atomic E-state index is 0.0323. The topological polar surface area (TPSA) is 49.4 Å². The van der Waals surface area contributed by atoms with Crippen LogP contribution in [-0.4, -0.2) is 46.8 Å². The smallest absolute Gasteiger partial charge is 0.248 e. The zero-order chi connectivity index (χ0) is 13.8. The Labute approximate surface area is 114 Å². The van der Waals surface area contributed by atoms with Crippen molar-refractivity contribution in [1.82, 2.24) is 10.2 Å². The van der Waals surface area contributed by atoms with Gasteiger partial charge in [-0.3, -0.25) is 9.59 Å². The van der Waals surface area contributed by atoms with E-state index in [0.29, 0.717) is 24.6 Å². The number of nitrogens with one attached hydrogen (secondary N) is 1. The predicted octanol–water partition coefficient (Wildman–Crippen LogP) is 1.65. The third kappa shape index (κ3) is 3.19. The van der Waals surface area contributed by atoms with Crippen molar-refractivity contribution in [2.24, 2.45) is 0 Å². The molecule has 0 aliphatic carbocycles.